The van der Waals surface area contributed by atoms with Crippen molar-refractivity contribution in [1.29, 1.82) is 0 Å². The van der Waals surface area contributed by atoms with Gasteiger partial charge >= 0.3 is 5.97 Å². The van der Waals surface area contributed by atoms with Crippen molar-refractivity contribution in [3.05, 3.63) is 91.5 Å². The third-order valence-corrected chi connectivity index (χ3v) is 6.75. The van der Waals surface area contributed by atoms with Crippen molar-refractivity contribution in [2.45, 2.75) is 0 Å². The smallest absolute Gasteiger partial charge is 0.339 e. The first kappa shape index (κ1) is 27.3. The molecule has 4 rings (SSSR count). The Labute approximate surface area is 235 Å². The lowest BCUT2D eigenvalue weighted by Gasteiger charge is -2.16. The molecule has 13 heteroatoms. The molecule has 1 aliphatic rings. The molecule has 0 radical (unpaired) electrons. The number of carboxylic acid groups (broad SMARTS) is 1. The molecule has 3 aromatic carbocycles. The number of hydrogen-bond acceptors (Lipinski definition) is 6. The Morgan fingerprint density at radius 2 is 1.63 bits per heavy atom. The van der Waals surface area contributed by atoms with Gasteiger partial charge in [-0.25, -0.2) is 9.69 Å². The van der Waals surface area contributed by atoms with Gasteiger partial charge < -0.3 is 20.5 Å². The third kappa shape index (κ3) is 5.27. The lowest BCUT2D eigenvalue weighted by atomic mass is 10.1. The topological polar surface area (TPSA) is 125 Å². The molecule has 0 saturated carbocycles. The molecule has 0 spiro atoms. The van der Waals surface area contributed by atoms with Crippen LogP contribution in [0.15, 0.2) is 65.3 Å². The van der Waals surface area contributed by atoms with E-state index in [1.54, 1.807) is 12.1 Å². The normalized spacial score (nSPS) is 13.1. The lowest BCUT2D eigenvalue weighted by Crippen LogP contribution is -2.32. The summed E-state index contributed by atoms with van der Waals surface area (Å²) in [6.07, 6.45) is 0. The number of ether oxygens (including phenoxy) is 1. The van der Waals surface area contributed by atoms with Crippen molar-refractivity contribution in [2.24, 2.45) is 0 Å². The summed E-state index contributed by atoms with van der Waals surface area (Å²) >= 11 is 24.3. The first-order chi connectivity index (χ1) is 18.0. The zero-order valence-electron chi connectivity index (χ0n) is 19.1. The van der Waals surface area contributed by atoms with Crippen molar-refractivity contribution in [3.63, 3.8) is 0 Å². The van der Waals surface area contributed by atoms with Crippen molar-refractivity contribution < 1.29 is 29.0 Å². The fourth-order valence-corrected chi connectivity index (χ4v) is 4.25. The van der Waals surface area contributed by atoms with E-state index in [1.807, 2.05) is 0 Å². The van der Waals surface area contributed by atoms with E-state index >= 15 is 0 Å². The molecule has 9 nitrogen and oxygen atoms in total. The van der Waals surface area contributed by atoms with Crippen LogP contribution in [0.1, 0.15) is 20.7 Å². The molecule has 0 unspecified atom stereocenters. The SMILES string of the molecule is COc1cc(NC(=O)c2cccc(NC3=C(Cl)C(=O)N(c4ccc(Cl)c(Cl)c4)C3=O)c2)c(Cl)cc1C(=O)O. The molecule has 0 aliphatic carbocycles. The minimum absolute atomic E-state index is 0.00476. The van der Waals surface area contributed by atoms with E-state index in [2.05, 4.69) is 10.6 Å². The number of aromatic carboxylic acids is 1. The van der Waals surface area contributed by atoms with Gasteiger partial charge in [0.1, 0.15) is 22.0 Å². The van der Waals surface area contributed by atoms with Gasteiger partial charge in [-0.3, -0.25) is 14.4 Å². The van der Waals surface area contributed by atoms with Crippen LogP contribution in [0.5, 0.6) is 5.75 Å². The number of benzene rings is 3. The van der Waals surface area contributed by atoms with Crippen LogP contribution in [-0.4, -0.2) is 35.9 Å². The third-order valence-electron chi connectivity index (χ3n) is 5.35. The molecule has 3 amide bonds. The molecule has 0 saturated heterocycles. The first-order valence-electron chi connectivity index (χ1n) is 10.5. The van der Waals surface area contributed by atoms with Crippen molar-refractivity contribution in [1.82, 2.24) is 0 Å². The number of methoxy groups -OCH3 is 1. The zero-order chi connectivity index (χ0) is 27.7. The molecular formula is C25H15Cl4N3O6. The Morgan fingerprint density at radius 3 is 2.29 bits per heavy atom. The number of nitrogens with one attached hydrogen (secondary N) is 2. The van der Waals surface area contributed by atoms with Gasteiger partial charge in [-0.15, -0.1) is 0 Å². The molecule has 38 heavy (non-hydrogen) atoms. The van der Waals surface area contributed by atoms with E-state index in [0.717, 1.165) is 11.0 Å². The van der Waals surface area contributed by atoms with E-state index in [9.17, 15) is 24.3 Å². The van der Waals surface area contributed by atoms with Gasteiger partial charge in [0.05, 0.1) is 33.6 Å². The van der Waals surface area contributed by atoms with Crippen LogP contribution in [0.3, 0.4) is 0 Å². The second-order valence-corrected chi connectivity index (χ2v) is 9.33. The van der Waals surface area contributed by atoms with Gasteiger partial charge in [-0.05, 0) is 42.5 Å². The number of nitrogens with zero attached hydrogens (tertiary/aromatic N) is 1. The number of hydrogen-bond donors (Lipinski definition) is 3. The van der Waals surface area contributed by atoms with Crippen molar-refractivity contribution in [2.75, 3.05) is 22.6 Å². The Kier molecular flexibility index (Phi) is 7.84. The van der Waals surface area contributed by atoms with Crippen LogP contribution < -0.4 is 20.3 Å². The highest BCUT2D eigenvalue weighted by atomic mass is 35.5. The summed E-state index contributed by atoms with van der Waals surface area (Å²) in [5, 5.41) is 14.7. The summed E-state index contributed by atoms with van der Waals surface area (Å²) in [7, 11) is 1.29. The molecule has 1 heterocycles. The molecule has 0 atom stereocenters. The summed E-state index contributed by atoms with van der Waals surface area (Å²) < 4.78 is 5.07. The molecular weight excluding hydrogens is 580 g/mol. The average Bonchev–Trinajstić information content (AvgIpc) is 3.09. The lowest BCUT2D eigenvalue weighted by molar-refractivity contribution is -0.120. The van der Waals surface area contributed by atoms with Gasteiger partial charge in [0.25, 0.3) is 17.7 Å². The van der Waals surface area contributed by atoms with Gasteiger partial charge in [0, 0.05) is 17.3 Å². The number of anilines is 3. The van der Waals surface area contributed by atoms with Gasteiger partial charge in [-0.2, -0.15) is 0 Å². The Balaban J connectivity index is 1.56. The Hall–Kier alpha value is -3.76. The van der Waals surface area contributed by atoms with E-state index < -0.39 is 23.7 Å². The molecule has 0 aromatic heterocycles. The highest BCUT2D eigenvalue weighted by molar-refractivity contribution is 6.53. The fourth-order valence-electron chi connectivity index (χ4n) is 3.53. The number of carbonyl (C=O) groups is 4. The molecule has 194 valence electrons. The minimum atomic E-state index is -1.24. The fraction of sp³-hybridized carbons (Fsp3) is 0.0400. The van der Waals surface area contributed by atoms with Gasteiger partial charge in [0.15, 0.2) is 0 Å². The van der Waals surface area contributed by atoms with Crippen LogP contribution in [0, 0.1) is 0 Å². The predicted octanol–water partition coefficient (Wildman–Crippen LogP) is 6.04. The Morgan fingerprint density at radius 1 is 0.895 bits per heavy atom. The number of rotatable bonds is 7. The summed E-state index contributed by atoms with van der Waals surface area (Å²) in [5.74, 6) is -3.33. The largest absolute Gasteiger partial charge is 0.496 e. The zero-order valence-corrected chi connectivity index (χ0v) is 22.2. The Bertz CT molecular complexity index is 1560. The average molecular weight is 595 g/mol. The molecule has 0 bridgehead atoms. The standard InChI is InChI=1S/C25H15Cl4N3O6/c1-38-19-10-18(17(28)9-14(19)25(36)37)31-22(33)11-3-2-4-12(7-11)30-21-20(29)23(34)32(24(21)35)13-5-6-15(26)16(27)8-13/h2-10,30H,1H3,(H,31,33)(H,36,37). The number of halogens is 4. The number of carboxylic acids is 1. The monoisotopic (exact) mass is 593 g/mol. The highest BCUT2D eigenvalue weighted by Gasteiger charge is 2.39. The highest BCUT2D eigenvalue weighted by Crippen LogP contribution is 2.34. The molecule has 0 fully saturated rings. The van der Waals surface area contributed by atoms with Crippen LogP contribution in [-0.2, 0) is 9.59 Å². The summed E-state index contributed by atoms with van der Waals surface area (Å²) in [5.41, 5.74) is 0.375. The van der Waals surface area contributed by atoms with Crippen LogP contribution in [0.25, 0.3) is 0 Å². The summed E-state index contributed by atoms with van der Waals surface area (Å²) in [6, 6.07) is 12.7. The van der Waals surface area contributed by atoms with Crippen molar-refractivity contribution in [3.8, 4) is 5.75 Å². The second kappa shape index (κ2) is 10.9. The van der Waals surface area contributed by atoms with Crippen LogP contribution >= 0.6 is 46.4 Å². The quantitative estimate of drug-likeness (QED) is 0.285. The summed E-state index contributed by atoms with van der Waals surface area (Å²) in [4.78, 5) is 50.9. The van der Waals surface area contributed by atoms with Crippen LogP contribution in [0.4, 0.5) is 17.1 Å². The van der Waals surface area contributed by atoms with E-state index in [0.29, 0.717) is 0 Å². The predicted molar refractivity (Wildman–Crippen MR) is 145 cm³/mol. The second-order valence-electron chi connectivity index (χ2n) is 7.73. The van der Waals surface area contributed by atoms with E-state index in [1.165, 1.54) is 43.5 Å². The van der Waals surface area contributed by atoms with E-state index in [-0.39, 0.29) is 59.7 Å². The number of amides is 3. The van der Waals surface area contributed by atoms with Crippen molar-refractivity contribution >= 4 is 87.2 Å². The van der Waals surface area contributed by atoms with Crippen LogP contribution in [0.2, 0.25) is 15.1 Å². The van der Waals surface area contributed by atoms with Gasteiger partial charge in [0.2, 0.25) is 0 Å². The number of carbonyl (C=O) groups excluding carboxylic acids is 3. The maximum Gasteiger partial charge on any atom is 0.339 e. The maximum atomic E-state index is 13.0. The first-order valence-corrected chi connectivity index (χ1v) is 12.1. The molecule has 3 N–H and O–H groups in total. The molecule has 1 aliphatic heterocycles. The summed E-state index contributed by atoms with van der Waals surface area (Å²) in [6.45, 7) is 0. The maximum absolute atomic E-state index is 13.0. The molecule has 3 aromatic rings. The minimum Gasteiger partial charge on any atom is -0.496 e. The number of imide groups is 1. The van der Waals surface area contributed by atoms with E-state index in [4.69, 9.17) is 51.1 Å². The van der Waals surface area contributed by atoms with Gasteiger partial charge in [-0.1, -0.05) is 52.5 Å².